The SMILES string of the molecule is C[C@H](OC(=O)CS[C@@H]1CCS(=O)(=O)C1)C(=O)Nc1ccc(C#N)cc1. The van der Waals surface area contributed by atoms with Crippen molar-refractivity contribution < 1.29 is 22.7 Å². The topological polar surface area (TPSA) is 113 Å². The van der Waals surface area contributed by atoms with Crippen LogP contribution >= 0.6 is 11.8 Å². The minimum atomic E-state index is -2.98. The van der Waals surface area contributed by atoms with Gasteiger partial charge in [-0.1, -0.05) is 0 Å². The van der Waals surface area contributed by atoms with E-state index in [1.165, 1.54) is 18.7 Å². The van der Waals surface area contributed by atoms with Crippen LogP contribution in [0.25, 0.3) is 0 Å². The van der Waals surface area contributed by atoms with Gasteiger partial charge in [0.1, 0.15) is 0 Å². The van der Waals surface area contributed by atoms with E-state index in [0.717, 1.165) is 0 Å². The Morgan fingerprint density at radius 1 is 1.40 bits per heavy atom. The third kappa shape index (κ3) is 6.07. The van der Waals surface area contributed by atoms with Crippen LogP contribution in [0.5, 0.6) is 0 Å². The molecule has 0 aromatic heterocycles. The van der Waals surface area contributed by atoms with Gasteiger partial charge in [-0.15, -0.1) is 11.8 Å². The molecular weight excluding hydrogens is 364 g/mol. The number of thioether (sulfide) groups is 1. The molecule has 7 nitrogen and oxygen atoms in total. The van der Waals surface area contributed by atoms with E-state index in [-0.39, 0.29) is 22.5 Å². The highest BCUT2D eigenvalue weighted by Gasteiger charge is 2.29. The minimum absolute atomic E-state index is 0.00860. The zero-order chi connectivity index (χ0) is 18.4. The first-order valence-corrected chi connectivity index (χ1v) is 10.5. The highest BCUT2D eigenvalue weighted by molar-refractivity contribution is 8.02. The Balaban J connectivity index is 1.76. The van der Waals surface area contributed by atoms with Gasteiger partial charge >= 0.3 is 5.97 Å². The summed E-state index contributed by atoms with van der Waals surface area (Å²) in [6.07, 6.45) is -0.439. The molecule has 1 fully saturated rings. The Morgan fingerprint density at radius 2 is 2.08 bits per heavy atom. The number of nitrogens with one attached hydrogen (secondary N) is 1. The summed E-state index contributed by atoms with van der Waals surface area (Å²) in [6, 6.07) is 8.28. The van der Waals surface area contributed by atoms with Gasteiger partial charge in [0.2, 0.25) is 0 Å². The van der Waals surface area contributed by atoms with Gasteiger partial charge in [-0.05, 0) is 37.6 Å². The van der Waals surface area contributed by atoms with E-state index in [9.17, 15) is 18.0 Å². The molecule has 2 rings (SSSR count). The molecule has 134 valence electrons. The zero-order valence-electron chi connectivity index (χ0n) is 13.6. The maximum absolute atomic E-state index is 12.0. The maximum Gasteiger partial charge on any atom is 0.316 e. The first kappa shape index (κ1) is 19.3. The molecule has 0 saturated carbocycles. The summed E-state index contributed by atoms with van der Waals surface area (Å²) in [7, 11) is -2.98. The van der Waals surface area contributed by atoms with Crippen LogP contribution in [0, 0.1) is 11.3 Å². The molecule has 1 aromatic rings. The smallest absolute Gasteiger partial charge is 0.316 e. The van der Waals surface area contributed by atoms with E-state index in [0.29, 0.717) is 17.7 Å². The van der Waals surface area contributed by atoms with Gasteiger partial charge in [0.05, 0.1) is 28.9 Å². The van der Waals surface area contributed by atoms with Crippen LogP contribution in [-0.4, -0.2) is 48.9 Å². The van der Waals surface area contributed by atoms with Crippen molar-refractivity contribution in [2.24, 2.45) is 0 Å². The highest BCUT2D eigenvalue weighted by atomic mass is 32.2. The Labute approximate surface area is 150 Å². The Hall–Kier alpha value is -2.05. The second-order valence-electron chi connectivity index (χ2n) is 5.65. The molecule has 0 spiro atoms. The fourth-order valence-corrected chi connectivity index (χ4v) is 5.66. The van der Waals surface area contributed by atoms with Crippen molar-refractivity contribution in [2.75, 3.05) is 22.6 Å². The van der Waals surface area contributed by atoms with Crippen LogP contribution in [0.3, 0.4) is 0 Å². The van der Waals surface area contributed by atoms with Crippen LogP contribution in [-0.2, 0) is 24.2 Å². The van der Waals surface area contributed by atoms with Gasteiger partial charge in [0.25, 0.3) is 5.91 Å². The van der Waals surface area contributed by atoms with Crippen LogP contribution in [0.15, 0.2) is 24.3 Å². The normalized spacial score (nSPS) is 19.6. The number of carbonyl (C=O) groups is 2. The Bertz CT molecular complexity index is 784. The van der Waals surface area contributed by atoms with Crippen LogP contribution < -0.4 is 5.32 Å². The van der Waals surface area contributed by atoms with Crippen molar-refractivity contribution >= 4 is 39.2 Å². The molecule has 25 heavy (non-hydrogen) atoms. The molecule has 1 aliphatic heterocycles. The number of sulfone groups is 1. The lowest BCUT2D eigenvalue weighted by Gasteiger charge is -2.14. The predicted octanol–water partition coefficient (Wildman–Crippen LogP) is 1.35. The molecule has 1 aromatic carbocycles. The number of hydrogen-bond donors (Lipinski definition) is 1. The van der Waals surface area contributed by atoms with Gasteiger partial charge in [-0.2, -0.15) is 5.26 Å². The molecule has 1 aliphatic rings. The van der Waals surface area contributed by atoms with E-state index in [1.54, 1.807) is 24.3 Å². The molecule has 0 aliphatic carbocycles. The lowest BCUT2D eigenvalue weighted by molar-refractivity contribution is -0.150. The number of carbonyl (C=O) groups excluding carboxylic acids is 2. The van der Waals surface area contributed by atoms with Crippen molar-refractivity contribution in [2.45, 2.75) is 24.7 Å². The van der Waals surface area contributed by atoms with Crippen molar-refractivity contribution in [1.82, 2.24) is 0 Å². The molecule has 0 bridgehead atoms. The lowest BCUT2D eigenvalue weighted by Crippen LogP contribution is -2.30. The molecule has 1 amide bonds. The second kappa shape index (κ2) is 8.36. The Kier molecular flexibility index (Phi) is 6.45. The van der Waals surface area contributed by atoms with Crippen molar-refractivity contribution in [3.05, 3.63) is 29.8 Å². The predicted molar refractivity (Wildman–Crippen MR) is 94.9 cm³/mol. The Morgan fingerprint density at radius 3 is 2.64 bits per heavy atom. The summed E-state index contributed by atoms with van der Waals surface area (Å²) in [4.78, 5) is 23.8. The number of rotatable bonds is 6. The van der Waals surface area contributed by atoms with E-state index in [4.69, 9.17) is 10.00 Å². The molecule has 1 N–H and O–H groups in total. The third-order valence-electron chi connectivity index (χ3n) is 3.59. The van der Waals surface area contributed by atoms with E-state index >= 15 is 0 Å². The number of amides is 1. The minimum Gasteiger partial charge on any atom is -0.452 e. The van der Waals surface area contributed by atoms with Gasteiger partial charge in [-0.3, -0.25) is 9.59 Å². The van der Waals surface area contributed by atoms with E-state index in [2.05, 4.69) is 5.32 Å². The van der Waals surface area contributed by atoms with Crippen LogP contribution in [0.1, 0.15) is 18.9 Å². The molecule has 0 unspecified atom stereocenters. The summed E-state index contributed by atoms with van der Waals surface area (Å²) >= 11 is 1.24. The first-order valence-electron chi connectivity index (χ1n) is 7.61. The molecule has 1 heterocycles. The summed E-state index contributed by atoms with van der Waals surface area (Å²) in [5, 5.41) is 11.2. The van der Waals surface area contributed by atoms with Gasteiger partial charge < -0.3 is 10.1 Å². The molecule has 2 atom stereocenters. The van der Waals surface area contributed by atoms with Gasteiger partial charge in [0, 0.05) is 10.9 Å². The van der Waals surface area contributed by atoms with Crippen molar-refractivity contribution in [3.8, 4) is 6.07 Å². The summed E-state index contributed by atoms with van der Waals surface area (Å²) in [6.45, 7) is 1.46. The summed E-state index contributed by atoms with van der Waals surface area (Å²) in [5.41, 5.74) is 0.973. The molecule has 1 saturated heterocycles. The fourth-order valence-electron chi connectivity index (χ4n) is 2.23. The van der Waals surface area contributed by atoms with Crippen molar-refractivity contribution in [1.29, 1.82) is 5.26 Å². The first-order chi connectivity index (χ1) is 11.8. The summed E-state index contributed by atoms with van der Waals surface area (Å²) < 4.78 is 27.8. The number of hydrogen-bond acceptors (Lipinski definition) is 7. The average molecular weight is 382 g/mol. The fraction of sp³-hybridized carbons (Fsp3) is 0.438. The van der Waals surface area contributed by atoms with E-state index < -0.39 is 27.8 Å². The van der Waals surface area contributed by atoms with Crippen molar-refractivity contribution in [3.63, 3.8) is 0 Å². The highest BCUT2D eigenvalue weighted by Crippen LogP contribution is 2.24. The summed E-state index contributed by atoms with van der Waals surface area (Å²) in [5.74, 6) is -0.791. The molecule has 9 heteroatoms. The van der Waals surface area contributed by atoms with Gasteiger partial charge in [-0.25, -0.2) is 8.42 Å². The quantitative estimate of drug-likeness (QED) is 0.739. The lowest BCUT2D eigenvalue weighted by atomic mass is 10.2. The number of benzene rings is 1. The zero-order valence-corrected chi connectivity index (χ0v) is 15.2. The molecule has 0 radical (unpaired) electrons. The number of anilines is 1. The number of nitrogens with zero attached hydrogens (tertiary/aromatic N) is 1. The third-order valence-corrected chi connectivity index (χ3v) is 6.84. The standard InChI is InChI=1S/C16H18N2O5S2/c1-11(16(20)18-13-4-2-12(8-17)3-5-13)23-15(19)9-24-14-6-7-25(21,22)10-14/h2-5,11,14H,6-7,9-10H2,1H3,(H,18,20)/t11-,14+/m0/s1. The monoisotopic (exact) mass is 382 g/mol. The van der Waals surface area contributed by atoms with Crippen LogP contribution in [0.4, 0.5) is 5.69 Å². The number of nitriles is 1. The molecular formula is C16H18N2O5S2. The van der Waals surface area contributed by atoms with Gasteiger partial charge in [0.15, 0.2) is 15.9 Å². The number of ether oxygens (including phenoxy) is 1. The second-order valence-corrected chi connectivity index (χ2v) is 9.16. The maximum atomic E-state index is 12.0. The van der Waals surface area contributed by atoms with Crippen LogP contribution in [0.2, 0.25) is 0 Å². The largest absolute Gasteiger partial charge is 0.452 e. The number of esters is 1. The average Bonchev–Trinajstić information content (AvgIpc) is 2.92. The van der Waals surface area contributed by atoms with E-state index in [1.807, 2.05) is 6.07 Å².